The molecule has 8 nitrogen and oxygen atoms in total. The summed E-state index contributed by atoms with van der Waals surface area (Å²) in [6.07, 6.45) is 2.48. The molecule has 2 rings (SSSR count). The van der Waals surface area contributed by atoms with Crippen molar-refractivity contribution in [2.75, 3.05) is 13.1 Å². The minimum Gasteiger partial charge on any atom is -0.345 e. The van der Waals surface area contributed by atoms with Crippen molar-refractivity contribution in [1.29, 1.82) is 0 Å². The molecule has 1 aliphatic rings. The summed E-state index contributed by atoms with van der Waals surface area (Å²) in [5, 5.41) is 5.29. The topological polar surface area (TPSA) is 113 Å². The van der Waals surface area contributed by atoms with Gasteiger partial charge >= 0.3 is 0 Å². The van der Waals surface area contributed by atoms with Gasteiger partial charge in [0.1, 0.15) is 6.04 Å². The molecule has 0 aliphatic carbocycles. The Kier molecular flexibility index (Phi) is 8.26. The van der Waals surface area contributed by atoms with Gasteiger partial charge in [0.15, 0.2) is 11.6 Å². The zero-order valence-electron chi connectivity index (χ0n) is 17.7. The number of amides is 3. The Balaban J connectivity index is 1.99. The summed E-state index contributed by atoms with van der Waals surface area (Å²) in [5.41, 5.74) is 0.490. The Labute approximate surface area is 176 Å². The van der Waals surface area contributed by atoms with Crippen LogP contribution >= 0.6 is 0 Å². The molecule has 30 heavy (non-hydrogen) atoms. The third-order valence-electron chi connectivity index (χ3n) is 5.21. The van der Waals surface area contributed by atoms with Gasteiger partial charge in [-0.25, -0.2) is 0 Å². The zero-order chi connectivity index (χ0) is 22.3. The largest absolute Gasteiger partial charge is 0.345 e. The number of likely N-dealkylation sites (tertiary alicyclic amines) is 1. The lowest BCUT2D eigenvalue weighted by Crippen LogP contribution is -2.52. The first-order valence-electron chi connectivity index (χ1n) is 10.2. The van der Waals surface area contributed by atoms with Gasteiger partial charge in [-0.15, -0.1) is 0 Å². The SMILES string of the molecule is CCCC(NC(=O)C1CCCN1C(=O)CNC(=O)c1ccccc1C(C)=O)C(C)=O. The molecule has 1 heterocycles. The van der Waals surface area contributed by atoms with E-state index in [-0.39, 0.29) is 41.1 Å². The van der Waals surface area contributed by atoms with Crippen molar-refractivity contribution in [2.24, 2.45) is 0 Å². The fraction of sp³-hybridized carbons (Fsp3) is 0.500. The van der Waals surface area contributed by atoms with E-state index in [1.54, 1.807) is 18.2 Å². The Morgan fingerprint density at radius 1 is 1.10 bits per heavy atom. The number of hydrogen-bond donors (Lipinski definition) is 2. The average molecular weight is 415 g/mol. The van der Waals surface area contributed by atoms with E-state index < -0.39 is 18.0 Å². The molecule has 2 N–H and O–H groups in total. The van der Waals surface area contributed by atoms with Crippen LogP contribution in [0.15, 0.2) is 24.3 Å². The number of carbonyl (C=O) groups excluding carboxylic acids is 5. The lowest BCUT2D eigenvalue weighted by molar-refractivity contribution is -0.138. The minimum absolute atomic E-state index is 0.113. The van der Waals surface area contributed by atoms with Crippen LogP contribution in [-0.2, 0) is 14.4 Å². The Bertz CT molecular complexity index is 836. The molecule has 3 amide bonds. The highest BCUT2D eigenvalue weighted by molar-refractivity contribution is 6.07. The van der Waals surface area contributed by atoms with E-state index in [4.69, 9.17) is 0 Å². The summed E-state index contributed by atoms with van der Waals surface area (Å²) >= 11 is 0. The van der Waals surface area contributed by atoms with Gasteiger partial charge in [-0.1, -0.05) is 31.5 Å². The predicted molar refractivity (Wildman–Crippen MR) is 111 cm³/mol. The van der Waals surface area contributed by atoms with Gasteiger partial charge in [0.2, 0.25) is 11.8 Å². The molecular weight excluding hydrogens is 386 g/mol. The van der Waals surface area contributed by atoms with Crippen molar-refractivity contribution in [2.45, 2.75) is 58.5 Å². The normalized spacial score (nSPS) is 16.6. The molecule has 1 aromatic rings. The number of carbonyl (C=O) groups is 5. The van der Waals surface area contributed by atoms with E-state index in [1.165, 1.54) is 24.8 Å². The van der Waals surface area contributed by atoms with Crippen LogP contribution < -0.4 is 10.6 Å². The lowest BCUT2D eigenvalue weighted by atomic mass is 10.0. The summed E-state index contributed by atoms with van der Waals surface area (Å²) in [4.78, 5) is 62.6. The van der Waals surface area contributed by atoms with Gasteiger partial charge in [-0.2, -0.15) is 0 Å². The maximum Gasteiger partial charge on any atom is 0.252 e. The smallest absolute Gasteiger partial charge is 0.252 e. The van der Waals surface area contributed by atoms with E-state index in [9.17, 15) is 24.0 Å². The molecule has 0 spiro atoms. The predicted octanol–water partition coefficient (Wildman–Crippen LogP) is 1.48. The maximum absolute atomic E-state index is 12.7. The molecule has 1 aromatic carbocycles. The second-order valence-corrected chi connectivity index (χ2v) is 7.49. The highest BCUT2D eigenvalue weighted by atomic mass is 16.2. The fourth-order valence-electron chi connectivity index (χ4n) is 3.61. The van der Waals surface area contributed by atoms with Gasteiger partial charge in [0, 0.05) is 12.1 Å². The summed E-state index contributed by atoms with van der Waals surface area (Å²) in [5.74, 6) is -1.60. The number of rotatable bonds is 9. The van der Waals surface area contributed by atoms with Crippen LogP contribution in [0.2, 0.25) is 0 Å². The standard InChI is InChI=1S/C22H29N3O5/c1-4-8-18(15(3)27)24-22(30)19-11-7-12-25(19)20(28)13-23-21(29)17-10-6-5-9-16(17)14(2)26/h5-6,9-10,18-19H,4,7-8,11-13H2,1-3H3,(H,23,29)(H,24,30). The molecule has 162 valence electrons. The van der Waals surface area contributed by atoms with Crippen molar-refractivity contribution in [1.82, 2.24) is 15.5 Å². The van der Waals surface area contributed by atoms with Gasteiger partial charge in [-0.3, -0.25) is 24.0 Å². The van der Waals surface area contributed by atoms with Crippen LogP contribution in [0, 0.1) is 0 Å². The molecular formula is C22H29N3O5. The molecule has 2 atom stereocenters. The molecule has 2 unspecified atom stereocenters. The van der Waals surface area contributed by atoms with E-state index in [1.807, 2.05) is 6.92 Å². The molecule has 0 saturated carbocycles. The number of nitrogens with one attached hydrogen (secondary N) is 2. The van der Waals surface area contributed by atoms with Crippen LogP contribution in [0.1, 0.15) is 67.2 Å². The molecule has 1 saturated heterocycles. The molecule has 0 aromatic heterocycles. The highest BCUT2D eigenvalue weighted by Crippen LogP contribution is 2.18. The van der Waals surface area contributed by atoms with Crippen molar-refractivity contribution in [3.8, 4) is 0 Å². The van der Waals surface area contributed by atoms with E-state index in [0.29, 0.717) is 25.8 Å². The van der Waals surface area contributed by atoms with Crippen LogP contribution in [0.4, 0.5) is 0 Å². The molecule has 0 bridgehead atoms. The van der Waals surface area contributed by atoms with Crippen LogP contribution in [0.5, 0.6) is 0 Å². The third kappa shape index (κ3) is 5.75. The van der Waals surface area contributed by atoms with Gasteiger partial charge < -0.3 is 15.5 Å². The number of nitrogens with zero attached hydrogens (tertiary/aromatic N) is 1. The Morgan fingerprint density at radius 2 is 1.77 bits per heavy atom. The number of benzene rings is 1. The van der Waals surface area contributed by atoms with Gasteiger partial charge in [0.25, 0.3) is 5.91 Å². The van der Waals surface area contributed by atoms with Gasteiger partial charge in [0.05, 0.1) is 18.2 Å². The van der Waals surface area contributed by atoms with Crippen LogP contribution in [0.25, 0.3) is 0 Å². The van der Waals surface area contributed by atoms with Crippen molar-refractivity contribution < 1.29 is 24.0 Å². The second kappa shape index (κ2) is 10.7. The highest BCUT2D eigenvalue weighted by Gasteiger charge is 2.35. The number of Topliss-reactive ketones (excluding diaryl/α,β-unsaturated/α-hetero) is 2. The third-order valence-corrected chi connectivity index (χ3v) is 5.21. The fourth-order valence-corrected chi connectivity index (χ4v) is 3.61. The lowest BCUT2D eigenvalue weighted by Gasteiger charge is -2.26. The maximum atomic E-state index is 12.7. The average Bonchev–Trinajstić information content (AvgIpc) is 3.21. The summed E-state index contributed by atoms with van der Waals surface area (Å²) in [6, 6.07) is 5.19. The van der Waals surface area contributed by atoms with Crippen LogP contribution in [0.3, 0.4) is 0 Å². The first kappa shape index (κ1) is 23.3. The van der Waals surface area contributed by atoms with Crippen molar-refractivity contribution in [3.63, 3.8) is 0 Å². The molecule has 0 radical (unpaired) electrons. The molecule has 1 fully saturated rings. The number of ketones is 2. The summed E-state index contributed by atoms with van der Waals surface area (Å²) < 4.78 is 0. The zero-order valence-corrected chi connectivity index (χ0v) is 17.7. The molecule has 8 heteroatoms. The summed E-state index contributed by atoms with van der Waals surface area (Å²) in [7, 11) is 0. The monoisotopic (exact) mass is 415 g/mol. The van der Waals surface area contributed by atoms with Crippen LogP contribution in [-0.4, -0.2) is 59.4 Å². The Hall–Kier alpha value is -3.03. The number of hydrogen-bond acceptors (Lipinski definition) is 5. The van der Waals surface area contributed by atoms with E-state index in [2.05, 4.69) is 10.6 Å². The van der Waals surface area contributed by atoms with Crippen molar-refractivity contribution in [3.05, 3.63) is 35.4 Å². The quantitative estimate of drug-likeness (QED) is 0.593. The minimum atomic E-state index is -0.655. The second-order valence-electron chi connectivity index (χ2n) is 7.49. The first-order valence-corrected chi connectivity index (χ1v) is 10.2. The summed E-state index contributed by atoms with van der Waals surface area (Å²) in [6.45, 7) is 4.87. The first-order chi connectivity index (χ1) is 14.3. The Morgan fingerprint density at radius 3 is 2.37 bits per heavy atom. The van der Waals surface area contributed by atoms with Crippen molar-refractivity contribution >= 4 is 29.3 Å². The molecule has 1 aliphatic heterocycles. The van der Waals surface area contributed by atoms with E-state index >= 15 is 0 Å². The van der Waals surface area contributed by atoms with E-state index in [0.717, 1.165) is 6.42 Å². The van der Waals surface area contributed by atoms with Gasteiger partial charge in [-0.05, 0) is 39.2 Å².